The van der Waals surface area contributed by atoms with Crippen molar-refractivity contribution in [3.63, 3.8) is 0 Å². The van der Waals surface area contributed by atoms with Crippen LogP contribution in [-0.2, 0) is 6.54 Å². The second-order valence-electron chi connectivity index (χ2n) is 5.73. The molecule has 0 saturated carbocycles. The van der Waals surface area contributed by atoms with Crippen LogP contribution in [0.4, 0.5) is 0 Å². The van der Waals surface area contributed by atoms with Gasteiger partial charge in [0.2, 0.25) is 0 Å². The van der Waals surface area contributed by atoms with Gasteiger partial charge in [0.1, 0.15) is 5.03 Å². The van der Waals surface area contributed by atoms with Gasteiger partial charge < -0.3 is 5.32 Å². The van der Waals surface area contributed by atoms with Crippen LogP contribution in [0.25, 0.3) is 0 Å². The molecular weight excluding hydrogens is 330 g/mol. The highest BCUT2D eigenvalue weighted by molar-refractivity contribution is 7.99. The number of hydrogen-bond donors (Lipinski definition) is 1. The van der Waals surface area contributed by atoms with Crippen LogP contribution in [0.3, 0.4) is 0 Å². The largest absolute Gasteiger partial charge is 0.346 e. The van der Waals surface area contributed by atoms with Crippen molar-refractivity contribution in [1.29, 1.82) is 0 Å². The van der Waals surface area contributed by atoms with E-state index in [4.69, 9.17) is 0 Å². The minimum absolute atomic E-state index is 0.147. The Kier molecular flexibility index (Phi) is 5.46. The number of pyridine rings is 2. The molecule has 0 atom stereocenters. The molecule has 3 aromatic rings. The van der Waals surface area contributed by atoms with Crippen LogP contribution in [0.1, 0.15) is 27.2 Å². The molecule has 4 nitrogen and oxygen atoms in total. The van der Waals surface area contributed by atoms with Gasteiger partial charge in [-0.2, -0.15) is 0 Å². The molecule has 0 aliphatic rings. The van der Waals surface area contributed by atoms with E-state index in [1.807, 2.05) is 18.2 Å². The standard InChI is InChI=1S/C20H19N3OS/c1-14-8-9-15(2)18(12-14)25-20-17(7-5-11-22-20)19(24)23-13-16-6-3-4-10-21-16/h3-12H,13H2,1-2H3,(H,23,24). The Morgan fingerprint density at radius 2 is 1.88 bits per heavy atom. The summed E-state index contributed by atoms with van der Waals surface area (Å²) >= 11 is 1.52. The lowest BCUT2D eigenvalue weighted by atomic mass is 10.2. The van der Waals surface area contributed by atoms with Crippen molar-refractivity contribution in [2.75, 3.05) is 0 Å². The Balaban J connectivity index is 1.78. The van der Waals surface area contributed by atoms with E-state index in [9.17, 15) is 4.79 Å². The number of carbonyl (C=O) groups excluding carboxylic acids is 1. The first-order valence-corrected chi connectivity index (χ1v) is 8.83. The summed E-state index contributed by atoms with van der Waals surface area (Å²) in [5.74, 6) is -0.147. The van der Waals surface area contributed by atoms with Gasteiger partial charge in [0, 0.05) is 17.3 Å². The minimum atomic E-state index is -0.147. The zero-order valence-corrected chi connectivity index (χ0v) is 15.0. The molecule has 2 heterocycles. The first-order chi connectivity index (χ1) is 12.1. The maximum atomic E-state index is 12.6. The number of amides is 1. The first kappa shape index (κ1) is 17.2. The molecule has 1 amide bonds. The molecule has 0 aliphatic carbocycles. The van der Waals surface area contributed by atoms with Gasteiger partial charge in [0.25, 0.3) is 5.91 Å². The molecule has 0 spiro atoms. The molecule has 0 radical (unpaired) electrons. The predicted octanol–water partition coefficient (Wildman–Crippen LogP) is 4.17. The molecule has 126 valence electrons. The summed E-state index contributed by atoms with van der Waals surface area (Å²) in [5.41, 5.74) is 3.75. The fourth-order valence-electron chi connectivity index (χ4n) is 2.34. The third-order valence-corrected chi connectivity index (χ3v) is 4.90. The Morgan fingerprint density at radius 3 is 2.68 bits per heavy atom. The van der Waals surface area contributed by atoms with Gasteiger partial charge in [-0.15, -0.1) is 0 Å². The lowest BCUT2D eigenvalue weighted by Crippen LogP contribution is -2.24. The Labute approximate surface area is 151 Å². The predicted molar refractivity (Wildman–Crippen MR) is 99.7 cm³/mol. The highest BCUT2D eigenvalue weighted by atomic mass is 32.2. The Morgan fingerprint density at radius 1 is 1.04 bits per heavy atom. The normalized spacial score (nSPS) is 10.5. The van der Waals surface area contributed by atoms with Gasteiger partial charge >= 0.3 is 0 Å². The van der Waals surface area contributed by atoms with E-state index in [-0.39, 0.29) is 5.91 Å². The van der Waals surface area contributed by atoms with Crippen molar-refractivity contribution in [2.45, 2.75) is 30.3 Å². The fraction of sp³-hybridized carbons (Fsp3) is 0.150. The van der Waals surface area contributed by atoms with Crippen LogP contribution >= 0.6 is 11.8 Å². The van der Waals surface area contributed by atoms with E-state index in [2.05, 4.69) is 47.3 Å². The van der Waals surface area contributed by atoms with Crippen LogP contribution in [0, 0.1) is 13.8 Å². The number of hydrogen-bond acceptors (Lipinski definition) is 4. The summed E-state index contributed by atoms with van der Waals surface area (Å²) in [6.45, 7) is 4.51. The summed E-state index contributed by atoms with van der Waals surface area (Å²) in [6.07, 6.45) is 3.43. The number of aryl methyl sites for hydroxylation is 2. The Bertz CT molecular complexity index is 881. The molecule has 0 saturated heterocycles. The lowest BCUT2D eigenvalue weighted by Gasteiger charge is -2.10. The monoisotopic (exact) mass is 349 g/mol. The molecule has 2 aromatic heterocycles. The quantitative estimate of drug-likeness (QED) is 0.751. The second-order valence-corrected chi connectivity index (χ2v) is 6.76. The molecule has 3 rings (SSSR count). The third kappa shape index (κ3) is 4.45. The molecule has 25 heavy (non-hydrogen) atoms. The first-order valence-electron chi connectivity index (χ1n) is 8.02. The Hall–Kier alpha value is -2.66. The zero-order chi connectivity index (χ0) is 17.6. The molecular formula is C20H19N3OS. The molecule has 1 N–H and O–H groups in total. The van der Waals surface area contributed by atoms with Crippen molar-refractivity contribution >= 4 is 17.7 Å². The highest BCUT2D eigenvalue weighted by Gasteiger charge is 2.14. The van der Waals surface area contributed by atoms with Crippen LogP contribution in [-0.4, -0.2) is 15.9 Å². The number of benzene rings is 1. The SMILES string of the molecule is Cc1ccc(C)c(Sc2ncccc2C(=O)NCc2ccccn2)c1. The van der Waals surface area contributed by atoms with Crippen molar-refractivity contribution < 1.29 is 4.79 Å². The van der Waals surface area contributed by atoms with Crippen molar-refractivity contribution in [1.82, 2.24) is 15.3 Å². The summed E-state index contributed by atoms with van der Waals surface area (Å²) < 4.78 is 0. The van der Waals surface area contributed by atoms with E-state index in [0.29, 0.717) is 17.1 Å². The topological polar surface area (TPSA) is 54.9 Å². The maximum absolute atomic E-state index is 12.6. The third-order valence-electron chi connectivity index (χ3n) is 3.72. The van der Waals surface area contributed by atoms with Crippen molar-refractivity contribution in [2.24, 2.45) is 0 Å². The van der Waals surface area contributed by atoms with Crippen LogP contribution in [0.5, 0.6) is 0 Å². The molecule has 1 aromatic carbocycles. The van der Waals surface area contributed by atoms with E-state index >= 15 is 0 Å². The van der Waals surface area contributed by atoms with Gasteiger partial charge in [0.15, 0.2) is 0 Å². The van der Waals surface area contributed by atoms with Gasteiger partial charge in [0.05, 0.1) is 17.8 Å². The van der Waals surface area contributed by atoms with E-state index in [1.54, 1.807) is 24.5 Å². The molecule has 5 heteroatoms. The second kappa shape index (κ2) is 7.94. The minimum Gasteiger partial charge on any atom is -0.346 e. The summed E-state index contributed by atoms with van der Waals surface area (Å²) in [5, 5.41) is 3.62. The van der Waals surface area contributed by atoms with Crippen LogP contribution in [0.2, 0.25) is 0 Å². The number of carbonyl (C=O) groups is 1. The van der Waals surface area contributed by atoms with Crippen molar-refractivity contribution in [3.05, 3.63) is 83.3 Å². The number of rotatable bonds is 5. The lowest BCUT2D eigenvalue weighted by molar-refractivity contribution is 0.0946. The van der Waals surface area contributed by atoms with Crippen molar-refractivity contribution in [3.8, 4) is 0 Å². The highest BCUT2D eigenvalue weighted by Crippen LogP contribution is 2.31. The number of nitrogens with zero attached hydrogens (tertiary/aromatic N) is 2. The molecule has 0 aliphatic heterocycles. The van der Waals surface area contributed by atoms with E-state index in [1.165, 1.54) is 22.9 Å². The fourth-order valence-corrected chi connectivity index (χ4v) is 3.40. The average molecular weight is 349 g/mol. The van der Waals surface area contributed by atoms with Gasteiger partial charge in [-0.05, 0) is 55.3 Å². The smallest absolute Gasteiger partial charge is 0.254 e. The number of aromatic nitrogens is 2. The number of nitrogens with one attached hydrogen (secondary N) is 1. The average Bonchev–Trinajstić information content (AvgIpc) is 2.64. The van der Waals surface area contributed by atoms with Gasteiger partial charge in [-0.25, -0.2) is 4.98 Å². The summed E-state index contributed by atoms with van der Waals surface area (Å²) in [4.78, 5) is 22.3. The summed E-state index contributed by atoms with van der Waals surface area (Å²) in [7, 11) is 0. The van der Waals surface area contributed by atoms with Gasteiger partial charge in [-0.1, -0.05) is 30.0 Å². The van der Waals surface area contributed by atoms with Crippen LogP contribution in [0.15, 0.2) is 70.8 Å². The maximum Gasteiger partial charge on any atom is 0.254 e. The molecule has 0 fully saturated rings. The van der Waals surface area contributed by atoms with E-state index < -0.39 is 0 Å². The summed E-state index contributed by atoms with van der Waals surface area (Å²) in [6, 6.07) is 15.5. The van der Waals surface area contributed by atoms with Crippen LogP contribution < -0.4 is 5.32 Å². The van der Waals surface area contributed by atoms with Gasteiger partial charge in [-0.3, -0.25) is 9.78 Å². The zero-order valence-electron chi connectivity index (χ0n) is 14.2. The van der Waals surface area contributed by atoms with E-state index in [0.717, 1.165) is 10.6 Å². The molecule has 0 unspecified atom stereocenters. The molecule has 0 bridgehead atoms.